The zero-order chi connectivity index (χ0) is 24.0. The summed E-state index contributed by atoms with van der Waals surface area (Å²) in [6.45, 7) is 4.02. The van der Waals surface area contributed by atoms with Gasteiger partial charge in [-0.2, -0.15) is 0 Å². The average molecular weight is 491 g/mol. The van der Waals surface area contributed by atoms with Crippen molar-refractivity contribution in [2.45, 2.75) is 25.9 Å². The average Bonchev–Trinajstić information content (AvgIpc) is 3.32. The molecule has 0 amide bonds. The molecule has 1 aliphatic rings. The van der Waals surface area contributed by atoms with Crippen LogP contribution in [0.4, 0.5) is 5.69 Å². The minimum absolute atomic E-state index is 0.148. The first-order valence-corrected chi connectivity index (χ1v) is 11.6. The quantitative estimate of drug-likeness (QED) is 0.317. The van der Waals surface area contributed by atoms with Crippen molar-refractivity contribution < 1.29 is 10.2 Å². The first-order valence-electron chi connectivity index (χ1n) is 10.8. The van der Waals surface area contributed by atoms with Crippen molar-refractivity contribution in [1.82, 2.24) is 14.9 Å². The number of rotatable bonds is 4. The van der Waals surface area contributed by atoms with Crippen LogP contribution in [-0.4, -0.2) is 24.9 Å². The summed E-state index contributed by atoms with van der Waals surface area (Å²) < 4.78 is 2.00. The lowest BCUT2D eigenvalue weighted by Crippen LogP contribution is -2.29. The zero-order valence-electron chi connectivity index (χ0n) is 18.6. The third kappa shape index (κ3) is 3.77. The molecule has 1 fully saturated rings. The Hall–Kier alpha value is -3.55. The number of nitrogens with one attached hydrogen (secondary N) is 1. The number of aryl methyl sites for hydroxylation is 1. The highest BCUT2D eigenvalue weighted by Crippen LogP contribution is 2.44. The molecular formula is C26H23ClN4O2S. The van der Waals surface area contributed by atoms with Crippen molar-refractivity contribution in [3.63, 3.8) is 0 Å². The van der Waals surface area contributed by atoms with E-state index >= 15 is 0 Å². The maximum Gasteiger partial charge on any atom is 0.174 e. The fourth-order valence-electron chi connectivity index (χ4n) is 4.70. The lowest BCUT2D eigenvalue weighted by molar-refractivity contribution is 0.471. The molecule has 1 saturated heterocycles. The van der Waals surface area contributed by atoms with E-state index in [0.29, 0.717) is 15.8 Å². The number of phenols is 2. The van der Waals surface area contributed by atoms with Gasteiger partial charge < -0.3 is 25.0 Å². The number of pyridine rings is 1. The van der Waals surface area contributed by atoms with Crippen molar-refractivity contribution >= 4 is 34.6 Å². The summed E-state index contributed by atoms with van der Waals surface area (Å²) in [4.78, 5) is 6.66. The summed E-state index contributed by atoms with van der Waals surface area (Å²) in [5.74, 6) is 0.337. The first kappa shape index (κ1) is 22.3. The van der Waals surface area contributed by atoms with Crippen LogP contribution in [0.2, 0.25) is 5.02 Å². The highest BCUT2D eigenvalue weighted by atomic mass is 35.5. The molecule has 172 valence electrons. The first-order chi connectivity index (χ1) is 16.3. The van der Waals surface area contributed by atoms with Gasteiger partial charge in [0.25, 0.3) is 0 Å². The molecule has 3 N–H and O–H groups in total. The van der Waals surface area contributed by atoms with Crippen LogP contribution >= 0.6 is 23.8 Å². The number of nitrogens with zero attached hydrogens (tertiary/aromatic N) is 3. The van der Waals surface area contributed by atoms with Gasteiger partial charge >= 0.3 is 0 Å². The summed E-state index contributed by atoms with van der Waals surface area (Å²) in [6, 6.07) is 19.5. The van der Waals surface area contributed by atoms with Crippen molar-refractivity contribution in [2.75, 3.05) is 4.90 Å². The topological polar surface area (TPSA) is 73.5 Å². The lowest BCUT2D eigenvalue weighted by Gasteiger charge is -2.28. The molecular weight excluding hydrogens is 468 g/mol. The molecule has 0 saturated carbocycles. The smallest absolute Gasteiger partial charge is 0.174 e. The number of anilines is 1. The van der Waals surface area contributed by atoms with E-state index in [0.717, 1.165) is 28.3 Å². The second-order valence-electron chi connectivity index (χ2n) is 8.31. The van der Waals surface area contributed by atoms with Crippen LogP contribution in [0.3, 0.4) is 0 Å². The second-order valence-corrected chi connectivity index (χ2v) is 9.13. The molecule has 4 aromatic rings. The van der Waals surface area contributed by atoms with Gasteiger partial charge in [-0.15, -0.1) is 0 Å². The molecule has 5 rings (SSSR count). The molecule has 0 bridgehead atoms. The van der Waals surface area contributed by atoms with Crippen LogP contribution in [0.1, 0.15) is 34.7 Å². The van der Waals surface area contributed by atoms with E-state index in [9.17, 15) is 10.2 Å². The molecule has 2 aromatic carbocycles. The van der Waals surface area contributed by atoms with Gasteiger partial charge in [-0.1, -0.05) is 17.7 Å². The molecule has 0 radical (unpaired) electrons. The van der Waals surface area contributed by atoms with Gasteiger partial charge in [0.15, 0.2) is 5.11 Å². The Balaban J connectivity index is 1.70. The predicted molar refractivity (Wildman–Crippen MR) is 138 cm³/mol. The van der Waals surface area contributed by atoms with Gasteiger partial charge in [0.1, 0.15) is 11.5 Å². The molecule has 2 aromatic heterocycles. The predicted octanol–water partition coefficient (Wildman–Crippen LogP) is 5.73. The summed E-state index contributed by atoms with van der Waals surface area (Å²) >= 11 is 12.0. The lowest BCUT2D eigenvalue weighted by atomic mass is 9.96. The van der Waals surface area contributed by atoms with Crippen molar-refractivity contribution in [3.05, 3.63) is 101 Å². The van der Waals surface area contributed by atoms with Crippen LogP contribution in [-0.2, 0) is 0 Å². The third-order valence-corrected chi connectivity index (χ3v) is 6.74. The monoisotopic (exact) mass is 490 g/mol. The van der Waals surface area contributed by atoms with E-state index in [2.05, 4.69) is 21.3 Å². The third-order valence-electron chi connectivity index (χ3n) is 6.19. The molecule has 6 nitrogen and oxygen atoms in total. The van der Waals surface area contributed by atoms with E-state index in [1.54, 1.807) is 36.5 Å². The van der Waals surface area contributed by atoms with Gasteiger partial charge in [-0.05, 0) is 92.3 Å². The van der Waals surface area contributed by atoms with Crippen LogP contribution in [0, 0.1) is 13.8 Å². The standard InChI is InChI=1S/C26H23ClN4O2S/c1-15-13-20(16(2)30(15)22-14-17(27)6-11-23(22)33)25-24(21-5-3-4-12-28-21)29-26(34)31(25)18-7-9-19(32)10-8-18/h3-14,24-25,32-33H,1-2H3,(H,29,34)/t24-,25-/m0/s1. The van der Waals surface area contributed by atoms with Crippen LogP contribution in [0.25, 0.3) is 5.69 Å². The van der Waals surface area contributed by atoms with Crippen molar-refractivity contribution in [2.24, 2.45) is 0 Å². The number of aromatic nitrogens is 2. The number of aromatic hydroxyl groups is 2. The van der Waals surface area contributed by atoms with Gasteiger partial charge in [0.05, 0.1) is 23.5 Å². The number of hydrogen-bond acceptors (Lipinski definition) is 4. The Bertz CT molecular complexity index is 1370. The Morgan fingerprint density at radius 2 is 1.76 bits per heavy atom. The van der Waals surface area contributed by atoms with Crippen LogP contribution < -0.4 is 10.2 Å². The van der Waals surface area contributed by atoms with Crippen LogP contribution in [0.5, 0.6) is 11.5 Å². The van der Waals surface area contributed by atoms with E-state index in [1.807, 2.05) is 48.7 Å². The van der Waals surface area contributed by atoms with Crippen molar-refractivity contribution in [3.8, 4) is 17.2 Å². The number of halogens is 1. The molecule has 8 heteroatoms. The number of benzene rings is 2. The Morgan fingerprint density at radius 3 is 2.47 bits per heavy atom. The largest absolute Gasteiger partial charge is 0.508 e. The van der Waals surface area contributed by atoms with Crippen LogP contribution in [0.15, 0.2) is 72.9 Å². The van der Waals surface area contributed by atoms with E-state index in [4.69, 9.17) is 23.8 Å². The Morgan fingerprint density at radius 1 is 1.00 bits per heavy atom. The summed E-state index contributed by atoms with van der Waals surface area (Å²) in [5.41, 5.74) is 5.28. The van der Waals surface area contributed by atoms with Gasteiger partial charge in [0, 0.05) is 28.3 Å². The van der Waals surface area contributed by atoms with E-state index < -0.39 is 0 Å². The highest BCUT2D eigenvalue weighted by Gasteiger charge is 2.42. The summed E-state index contributed by atoms with van der Waals surface area (Å²) in [7, 11) is 0. The molecule has 0 aliphatic carbocycles. The maximum atomic E-state index is 10.6. The Labute approximate surface area is 208 Å². The normalized spacial score (nSPS) is 17.7. The maximum absolute atomic E-state index is 10.6. The van der Waals surface area contributed by atoms with Gasteiger partial charge in [-0.25, -0.2) is 0 Å². The van der Waals surface area contributed by atoms with Gasteiger partial charge in [-0.3, -0.25) is 4.98 Å². The number of phenolic OH excluding ortho intramolecular Hbond substituents is 2. The summed E-state index contributed by atoms with van der Waals surface area (Å²) in [5, 5.41) is 25.0. The zero-order valence-corrected chi connectivity index (χ0v) is 20.2. The molecule has 0 spiro atoms. The molecule has 3 heterocycles. The van der Waals surface area contributed by atoms with Crippen molar-refractivity contribution in [1.29, 1.82) is 0 Å². The fraction of sp³-hybridized carbons (Fsp3) is 0.154. The van der Waals surface area contributed by atoms with Gasteiger partial charge in [0.2, 0.25) is 0 Å². The fourth-order valence-corrected chi connectivity index (χ4v) is 5.21. The molecule has 34 heavy (non-hydrogen) atoms. The number of hydrogen-bond donors (Lipinski definition) is 3. The minimum Gasteiger partial charge on any atom is -0.508 e. The summed E-state index contributed by atoms with van der Waals surface area (Å²) in [6.07, 6.45) is 1.77. The highest BCUT2D eigenvalue weighted by molar-refractivity contribution is 7.80. The molecule has 1 aliphatic heterocycles. The SMILES string of the molecule is Cc1cc([C@H]2[C@H](c3ccccn3)NC(=S)N2c2ccc(O)cc2)c(C)n1-c1cc(Cl)ccc1O. The van der Waals surface area contributed by atoms with E-state index in [-0.39, 0.29) is 23.6 Å². The second kappa shape index (κ2) is 8.66. The molecule has 0 unspecified atom stereocenters. The number of thiocarbonyl (C=S) groups is 1. The minimum atomic E-state index is -0.215. The molecule has 2 atom stereocenters. The van der Waals surface area contributed by atoms with E-state index in [1.165, 1.54) is 0 Å². The Kier molecular flexibility index (Phi) is 5.67.